The number of likely N-dealkylation sites (tertiary alicyclic amines) is 1. The maximum Gasteiger partial charge on any atom is 0.329 e. The fraction of sp³-hybridized carbons (Fsp3) is 0.600. The molecule has 8 heteroatoms. The maximum atomic E-state index is 13.7. The molecular weight excluding hydrogens is 546 g/mol. The molecule has 2 aliphatic rings. The van der Waals surface area contributed by atoms with Gasteiger partial charge in [0.2, 0.25) is 5.79 Å². The zero-order chi connectivity index (χ0) is 31.4. The number of ether oxygens (including phenoxy) is 2. The molecule has 2 aliphatic heterocycles. The highest BCUT2D eigenvalue weighted by atomic mass is 16.6. The van der Waals surface area contributed by atoms with Crippen LogP contribution in [0.1, 0.15) is 91.0 Å². The molecule has 8 nitrogen and oxygen atoms in total. The van der Waals surface area contributed by atoms with Gasteiger partial charge in [0.15, 0.2) is 5.78 Å². The minimum absolute atomic E-state index is 0.0265. The van der Waals surface area contributed by atoms with Crippen LogP contribution in [0, 0.1) is 11.8 Å². The van der Waals surface area contributed by atoms with Gasteiger partial charge >= 0.3 is 5.97 Å². The van der Waals surface area contributed by atoms with Gasteiger partial charge in [-0.25, -0.2) is 4.79 Å². The second-order valence-corrected chi connectivity index (χ2v) is 11.8. The highest BCUT2D eigenvalue weighted by Crippen LogP contribution is 2.35. The molecule has 2 saturated heterocycles. The highest BCUT2D eigenvalue weighted by Gasteiger charge is 2.52. The predicted molar refractivity (Wildman–Crippen MR) is 165 cm³/mol. The number of amides is 1. The maximum absolute atomic E-state index is 13.7. The molecule has 43 heavy (non-hydrogen) atoms. The van der Waals surface area contributed by atoms with Crippen LogP contribution in [-0.4, -0.2) is 64.0 Å². The van der Waals surface area contributed by atoms with Crippen molar-refractivity contribution in [2.24, 2.45) is 11.8 Å². The first-order chi connectivity index (χ1) is 20.6. The van der Waals surface area contributed by atoms with Gasteiger partial charge in [-0.1, -0.05) is 70.2 Å². The van der Waals surface area contributed by atoms with Crippen molar-refractivity contribution in [3.8, 4) is 0 Å². The normalized spacial score (nSPS) is 25.9. The molecule has 0 aliphatic carbocycles. The molecule has 1 aromatic rings. The van der Waals surface area contributed by atoms with E-state index >= 15 is 0 Å². The summed E-state index contributed by atoms with van der Waals surface area (Å²) in [7, 11) is 0. The Morgan fingerprint density at radius 2 is 1.81 bits per heavy atom. The Hall–Kier alpha value is -3.10. The molecule has 0 bridgehead atoms. The van der Waals surface area contributed by atoms with Gasteiger partial charge in [0.05, 0.1) is 6.10 Å². The van der Waals surface area contributed by atoms with E-state index in [9.17, 15) is 24.3 Å². The number of piperidine rings is 1. The third-order valence-corrected chi connectivity index (χ3v) is 8.78. The Morgan fingerprint density at radius 1 is 1.07 bits per heavy atom. The minimum Gasteiger partial charge on any atom is -0.456 e. The number of carbonyl (C=O) groups is 4. The van der Waals surface area contributed by atoms with Gasteiger partial charge in [0.25, 0.3) is 11.7 Å². The van der Waals surface area contributed by atoms with Crippen molar-refractivity contribution < 1.29 is 33.8 Å². The summed E-state index contributed by atoms with van der Waals surface area (Å²) in [4.78, 5) is 53.7. The molecule has 0 spiro atoms. The number of esters is 1. The molecule has 0 aromatic heterocycles. The second kappa shape index (κ2) is 16.7. The van der Waals surface area contributed by atoms with Crippen LogP contribution in [0.4, 0.5) is 0 Å². The summed E-state index contributed by atoms with van der Waals surface area (Å²) in [5, 5.41) is 11.2. The lowest BCUT2D eigenvalue weighted by molar-refractivity contribution is -0.263. The molecule has 1 N–H and O–H groups in total. The zero-order valence-electron chi connectivity index (χ0n) is 26.2. The molecule has 1 amide bonds. The number of benzene rings is 1. The Labute approximate surface area is 256 Å². The van der Waals surface area contributed by atoms with Gasteiger partial charge in [-0.05, 0) is 75.5 Å². The summed E-state index contributed by atoms with van der Waals surface area (Å²) >= 11 is 0. The third-order valence-electron chi connectivity index (χ3n) is 8.78. The summed E-state index contributed by atoms with van der Waals surface area (Å²) < 4.78 is 11.9. The van der Waals surface area contributed by atoms with E-state index in [0.717, 1.165) is 12.0 Å². The first-order valence-corrected chi connectivity index (χ1v) is 16.0. The van der Waals surface area contributed by atoms with E-state index in [1.54, 1.807) is 19.1 Å². The largest absolute Gasteiger partial charge is 0.456 e. The van der Waals surface area contributed by atoms with Gasteiger partial charge < -0.3 is 19.5 Å². The molecule has 6 atom stereocenters. The molecule has 1 aromatic carbocycles. The SMILES string of the molecule is CCC(=O)/C=C/C/C=C/[C@H](OC(=O)C1CCCCN1C(=O)C(=O)[C@]1(O)O[C@H](CC)CC[C@H]1C)C(CC)Cc1ccccc1. The van der Waals surface area contributed by atoms with E-state index < -0.39 is 41.5 Å². The molecule has 2 fully saturated rings. The molecular formula is C35H49NO7. The van der Waals surface area contributed by atoms with Crippen molar-refractivity contribution in [3.05, 3.63) is 60.2 Å². The van der Waals surface area contributed by atoms with Gasteiger partial charge in [-0.3, -0.25) is 14.4 Å². The van der Waals surface area contributed by atoms with Crippen LogP contribution in [0.2, 0.25) is 0 Å². The van der Waals surface area contributed by atoms with Crippen molar-refractivity contribution in [2.45, 2.75) is 116 Å². The number of rotatable bonds is 14. The number of Topliss-reactive ketones (excluding diaryl/α,β-unsaturated/α-hetero) is 1. The van der Waals surface area contributed by atoms with Crippen LogP contribution in [0.25, 0.3) is 0 Å². The standard InChI is InChI=1S/C35H49NO7/c1-5-27(24-26-16-10-8-11-17-26)31(20-13-9-12-18-28(37)6-2)42-34(40)30-19-14-15-23-36(30)33(39)32(38)35(41)25(4)21-22-29(7-3)43-35/h8,10-13,16-18,20,25,27,29-31,41H,5-7,9,14-15,19,21-24H2,1-4H3/b18-12+,20-13+/t25-,27?,29-,30?,31+,35-/m1/s1. The van der Waals surface area contributed by atoms with Crippen LogP contribution < -0.4 is 0 Å². The number of allylic oxidation sites excluding steroid dienone is 3. The molecule has 2 unspecified atom stereocenters. The van der Waals surface area contributed by atoms with Gasteiger partial charge in [0.1, 0.15) is 12.1 Å². The quantitative estimate of drug-likeness (QED) is 0.131. The van der Waals surface area contributed by atoms with Crippen LogP contribution in [0.15, 0.2) is 54.6 Å². The molecule has 236 valence electrons. The van der Waals surface area contributed by atoms with Crippen LogP contribution >= 0.6 is 0 Å². The van der Waals surface area contributed by atoms with Crippen molar-refractivity contribution in [1.82, 2.24) is 4.90 Å². The molecule has 2 heterocycles. The molecule has 0 saturated carbocycles. The van der Waals surface area contributed by atoms with Crippen LogP contribution in [0.3, 0.4) is 0 Å². The molecule has 3 rings (SSSR count). The first-order valence-electron chi connectivity index (χ1n) is 16.0. The summed E-state index contributed by atoms with van der Waals surface area (Å²) in [6.07, 6.45) is 12.2. The van der Waals surface area contributed by atoms with Crippen molar-refractivity contribution in [2.75, 3.05) is 6.54 Å². The number of aliphatic hydroxyl groups is 1. The predicted octanol–water partition coefficient (Wildman–Crippen LogP) is 5.51. The van der Waals surface area contributed by atoms with Gasteiger partial charge in [-0.15, -0.1) is 0 Å². The number of ketones is 2. The Morgan fingerprint density at radius 3 is 2.49 bits per heavy atom. The van der Waals surface area contributed by atoms with E-state index in [-0.39, 0.29) is 24.3 Å². The smallest absolute Gasteiger partial charge is 0.329 e. The summed E-state index contributed by atoms with van der Waals surface area (Å²) in [5.41, 5.74) is 1.12. The van der Waals surface area contributed by atoms with Crippen molar-refractivity contribution >= 4 is 23.4 Å². The number of hydrogen-bond donors (Lipinski definition) is 1. The lowest BCUT2D eigenvalue weighted by Crippen LogP contribution is -2.60. The van der Waals surface area contributed by atoms with Crippen molar-refractivity contribution in [3.63, 3.8) is 0 Å². The fourth-order valence-electron chi connectivity index (χ4n) is 5.85. The number of nitrogens with zero attached hydrogens (tertiary/aromatic N) is 1. The first kappa shape index (κ1) is 34.4. The van der Waals surface area contributed by atoms with E-state index in [1.807, 2.05) is 63.3 Å². The van der Waals surface area contributed by atoms with E-state index in [2.05, 4.69) is 0 Å². The van der Waals surface area contributed by atoms with E-state index in [0.29, 0.717) is 57.8 Å². The van der Waals surface area contributed by atoms with Gasteiger partial charge in [0, 0.05) is 24.8 Å². The van der Waals surface area contributed by atoms with Crippen molar-refractivity contribution in [1.29, 1.82) is 0 Å². The summed E-state index contributed by atoms with van der Waals surface area (Å²) in [6, 6.07) is 9.07. The fourth-order valence-corrected chi connectivity index (χ4v) is 5.85. The molecule has 0 radical (unpaired) electrons. The average Bonchev–Trinajstić information content (AvgIpc) is 3.03. The lowest BCUT2D eigenvalue weighted by atomic mass is 9.86. The Bertz CT molecular complexity index is 1150. The topological polar surface area (TPSA) is 110 Å². The summed E-state index contributed by atoms with van der Waals surface area (Å²) in [6.45, 7) is 7.71. The number of carbonyl (C=O) groups excluding carboxylic acids is 4. The Balaban J connectivity index is 1.80. The monoisotopic (exact) mass is 595 g/mol. The lowest BCUT2D eigenvalue weighted by Gasteiger charge is -2.42. The van der Waals surface area contributed by atoms with E-state index in [1.165, 1.54) is 4.90 Å². The summed E-state index contributed by atoms with van der Waals surface area (Å²) in [5.74, 6) is -5.20. The van der Waals surface area contributed by atoms with E-state index in [4.69, 9.17) is 9.47 Å². The number of hydrogen-bond acceptors (Lipinski definition) is 7. The van der Waals surface area contributed by atoms with Gasteiger partial charge in [-0.2, -0.15) is 0 Å². The third kappa shape index (κ3) is 9.19. The minimum atomic E-state index is -2.21. The zero-order valence-corrected chi connectivity index (χ0v) is 26.2. The second-order valence-electron chi connectivity index (χ2n) is 11.8. The van der Waals surface area contributed by atoms with Crippen LogP contribution in [0.5, 0.6) is 0 Å². The Kier molecular flexibility index (Phi) is 13.3. The average molecular weight is 596 g/mol. The highest BCUT2D eigenvalue weighted by molar-refractivity contribution is 6.39. The van der Waals surface area contributed by atoms with Crippen LogP contribution in [-0.2, 0) is 35.1 Å².